The van der Waals surface area contributed by atoms with Crippen LogP contribution in [0.3, 0.4) is 0 Å². The summed E-state index contributed by atoms with van der Waals surface area (Å²) in [5.41, 5.74) is 0. The van der Waals surface area contributed by atoms with Crippen LogP contribution in [0.2, 0.25) is 0 Å². The molecule has 0 heterocycles. The predicted molar refractivity (Wildman–Crippen MR) is 48.6 cm³/mol. The smallest absolute Gasteiger partial charge is 0.316 e. The molecule has 4 nitrogen and oxygen atoms in total. The molecule has 1 aliphatic rings. The molecule has 0 aliphatic heterocycles. The first-order chi connectivity index (χ1) is 6.65. The summed E-state index contributed by atoms with van der Waals surface area (Å²) in [6, 6.07) is 0. The van der Waals surface area contributed by atoms with Crippen molar-refractivity contribution in [2.75, 3.05) is 6.61 Å². The average Bonchev–Trinajstić information content (AvgIpc) is 2.30. The van der Waals surface area contributed by atoms with Crippen LogP contribution in [0.4, 0.5) is 0 Å². The van der Waals surface area contributed by atoms with E-state index < -0.39 is 11.9 Å². The lowest BCUT2D eigenvalue weighted by Gasteiger charge is -2.10. The Hall–Kier alpha value is -1.19. The highest BCUT2D eigenvalue weighted by molar-refractivity contribution is 6.01. The zero-order chi connectivity index (χ0) is 10.6. The number of carbonyl (C=O) groups is 3. The number of Topliss-reactive ketones (excluding diaryl/α,β-unsaturated/α-hetero) is 2. The van der Waals surface area contributed by atoms with Crippen LogP contribution in [0.5, 0.6) is 0 Å². The van der Waals surface area contributed by atoms with Gasteiger partial charge in [-0.1, -0.05) is 0 Å². The van der Waals surface area contributed by atoms with Crippen LogP contribution in [-0.2, 0) is 19.1 Å². The summed E-state index contributed by atoms with van der Waals surface area (Å²) in [5, 5.41) is 0. The molecule has 0 saturated heterocycles. The first-order valence-electron chi connectivity index (χ1n) is 4.86. The summed E-state index contributed by atoms with van der Waals surface area (Å²) in [6.45, 7) is 1.97. The summed E-state index contributed by atoms with van der Waals surface area (Å²) >= 11 is 0. The molecule has 0 bridgehead atoms. The summed E-state index contributed by atoms with van der Waals surface area (Å²) < 4.78 is 4.77. The number of ketones is 2. The lowest BCUT2D eigenvalue weighted by molar-refractivity contribution is -0.151. The lowest BCUT2D eigenvalue weighted by Crippen LogP contribution is -2.24. The molecule has 1 fully saturated rings. The molecule has 0 aromatic rings. The summed E-state index contributed by atoms with van der Waals surface area (Å²) in [6.07, 6.45) is 1.09. The van der Waals surface area contributed by atoms with Crippen molar-refractivity contribution in [1.82, 2.24) is 0 Å². The van der Waals surface area contributed by atoms with Gasteiger partial charge in [0.2, 0.25) is 0 Å². The Labute approximate surface area is 82.6 Å². The highest BCUT2D eigenvalue weighted by Crippen LogP contribution is 2.19. The maximum absolute atomic E-state index is 11.4. The molecule has 0 amide bonds. The monoisotopic (exact) mass is 198 g/mol. The molecule has 1 aliphatic carbocycles. The molecule has 78 valence electrons. The zero-order valence-electron chi connectivity index (χ0n) is 8.25. The first kappa shape index (κ1) is 10.9. The minimum absolute atomic E-state index is 0.0603. The van der Waals surface area contributed by atoms with E-state index in [9.17, 15) is 14.4 Å². The molecular formula is C10H14O4. The largest absolute Gasteiger partial charge is 0.465 e. The number of hydrogen-bond donors (Lipinski definition) is 0. The van der Waals surface area contributed by atoms with Gasteiger partial charge in [-0.15, -0.1) is 0 Å². The van der Waals surface area contributed by atoms with Crippen LogP contribution in [0.15, 0.2) is 0 Å². The van der Waals surface area contributed by atoms with Gasteiger partial charge in [-0.2, -0.15) is 0 Å². The highest BCUT2D eigenvalue weighted by Gasteiger charge is 2.30. The standard InChI is InChI=1S/C10H14O4/c1-2-14-10(13)8-5-3-7(11)4-6-9(8)12/h8H,2-6H2,1H3. The second-order valence-electron chi connectivity index (χ2n) is 3.35. The van der Waals surface area contributed by atoms with Crippen molar-refractivity contribution in [2.45, 2.75) is 32.6 Å². The minimum Gasteiger partial charge on any atom is -0.465 e. The zero-order valence-corrected chi connectivity index (χ0v) is 8.25. The SMILES string of the molecule is CCOC(=O)C1CCC(=O)CCC1=O. The molecule has 0 spiro atoms. The van der Waals surface area contributed by atoms with E-state index in [-0.39, 0.29) is 31.0 Å². The lowest BCUT2D eigenvalue weighted by atomic mass is 9.99. The highest BCUT2D eigenvalue weighted by atomic mass is 16.5. The summed E-state index contributed by atoms with van der Waals surface area (Å²) in [5.74, 6) is -1.28. The van der Waals surface area contributed by atoms with Gasteiger partial charge in [0.15, 0.2) is 0 Å². The fourth-order valence-corrected chi connectivity index (χ4v) is 1.52. The third kappa shape index (κ3) is 2.65. The van der Waals surface area contributed by atoms with Gasteiger partial charge in [0.05, 0.1) is 6.61 Å². The van der Waals surface area contributed by atoms with Crippen molar-refractivity contribution < 1.29 is 19.1 Å². The van der Waals surface area contributed by atoms with Gasteiger partial charge in [0.25, 0.3) is 0 Å². The quantitative estimate of drug-likeness (QED) is 0.375. The number of ether oxygens (including phenoxy) is 1. The van der Waals surface area contributed by atoms with Gasteiger partial charge in [-0.05, 0) is 13.3 Å². The molecule has 0 N–H and O–H groups in total. The van der Waals surface area contributed by atoms with E-state index in [1.165, 1.54) is 0 Å². The Kier molecular flexibility index (Phi) is 3.80. The molecule has 14 heavy (non-hydrogen) atoms. The molecule has 1 unspecified atom stereocenters. The summed E-state index contributed by atoms with van der Waals surface area (Å²) in [4.78, 5) is 33.8. The third-order valence-electron chi connectivity index (χ3n) is 2.32. The van der Waals surface area contributed by atoms with E-state index in [4.69, 9.17) is 4.74 Å². The number of hydrogen-bond acceptors (Lipinski definition) is 4. The second kappa shape index (κ2) is 4.88. The van der Waals surface area contributed by atoms with Gasteiger partial charge >= 0.3 is 5.97 Å². The molecule has 4 heteroatoms. The van der Waals surface area contributed by atoms with Crippen molar-refractivity contribution in [3.05, 3.63) is 0 Å². The van der Waals surface area contributed by atoms with Crippen molar-refractivity contribution in [3.63, 3.8) is 0 Å². The maximum Gasteiger partial charge on any atom is 0.316 e. The van der Waals surface area contributed by atoms with Gasteiger partial charge < -0.3 is 4.74 Å². The Morgan fingerprint density at radius 3 is 2.71 bits per heavy atom. The number of rotatable bonds is 2. The third-order valence-corrected chi connectivity index (χ3v) is 2.32. The number of carbonyl (C=O) groups excluding carboxylic acids is 3. The van der Waals surface area contributed by atoms with Crippen molar-refractivity contribution >= 4 is 17.5 Å². The van der Waals surface area contributed by atoms with Gasteiger partial charge in [-0.3, -0.25) is 14.4 Å². The van der Waals surface area contributed by atoms with Gasteiger partial charge in [-0.25, -0.2) is 0 Å². The number of esters is 1. The van der Waals surface area contributed by atoms with Crippen molar-refractivity contribution in [3.8, 4) is 0 Å². The minimum atomic E-state index is -0.707. The molecule has 0 aromatic heterocycles. The average molecular weight is 198 g/mol. The Bertz CT molecular complexity index is 257. The normalized spacial score (nSPS) is 23.1. The van der Waals surface area contributed by atoms with E-state index in [1.807, 2.05) is 0 Å². The van der Waals surface area contributed by atoms with Crippen LogP contribution in [0.1, 0.15) is 32.6 Å². The topological polar surface area (TPSA) is 60.4 Å². The Balaban J connectivity index is 2.62. The Morgan fingerprint density at radius 2 is 2.07 bits per heavy atom. The first-order valence-corrected chi connectivity index (χ1v) is 4.86. The second-order valence-corrected chi connectivity index (χ2v) is 3.35. The van der Waals surface area contributed by atoms with Crippen LogP contribution >= 0.6 is 0 Å². The van der Waals surface area contributed by atoms with Crippen LogP contribution in [0.25, 0.3) is 0 Å². The van der Waals surface area contributed by atoms with E-state index >= 15 is 0 Å². The van der Waals surface area contributed by atoms with Crippen molar-refractivity contribution in [2.24, 2.45) is 5.92 Å². The summed E-state index contributed by atoms with van der Waals surface area (Å²) in [7, 11) is 0. The van der Waals surface area contributed by atoms with E-state index in [2.05, 4.69) is 0 Å². The van der Waals surface area contributed by atoms with E-state index in [1.54, 1.807) is 6.92 Å². The molecule has 0 radical (unpaired) electrons. The van der Waals surface area contributed by atoms with Gasteiger partial charge in [0.1, 0.15) is 17.5 Å². The molecule has 1 rings (SSSR count). The molecular weight excluding hydrogens is 184 g/mol. The predicted octanol–water partition coefficient (Wildman–Crippen LogP) is 0.878. The fraction of sp³-hybridized carbons (Fsp3) is 0.700. The molecule has 0 aromatic carbocycles. The maximum atomic E-state index is 11.4. The van der Waals surface area contributed by atoms with Crippen molar-refractivity contribution in [1.29, 1.82) is 0 Å². The van der Waals surface area contributed by atoms with Gasteiger partial charge in [0, 0.05) is 19.3 Å². The molecule has 1 saturated carbocycles. The van der Waals surface area contributed by atoms with E-state index in [0.717, 1.165) is 0 Å². The molecule has 1 atom stereocenters. The van der Waals surface area contributed by atoms with E-state index in [0.29, 0.717) is 12.8 Å². The van der Waals surface area contributed by atoms with Crippen LogP contribution < -0.4 is 0 Å². The fourth-order valence-electron chi connectivity index (χ4n) is 1.52. The van der Waals surface area contributed by atoms with Crippen LogP contribution in [0, 0.1) is 5.92 Å². The van der Waals surface area contributed by atoms with Crippen LogP contribution in [-0.4, -0.2) is 24.1 Å². The Morgan fingerprint density at radius 1 is 1.36 bits per heavy atom.